The number of nitrogens with zero attached hydrogens (tertiary/aromatic N) is 5. The van der Waals surface area contributed by atoms with Crippen LogP contribution >= 0.6 is 0 Å². The number of hydrogen-bond donors (Lipinski definition) is 1. The van der Waals surface area contributed by atoms with Gasteiger partial charge in [0.1, 0.15) is 0 Å². The Morgan fingerprint density at radius 1 is 1.32 bits per heavy atom. The Morgan fingerprint density at radius 3 is 3.00 bits per heavy atom. The van der Waals surface area contributed by atoms with Gasteiger partial charge in [-0.25, -0.2) is 4.52 Å². The molecule has 0 saturated heterocycles. The second-order valence-corrected chi connectivity index (χ2v) is 4.35. The third-order valence-corrected chi connectivity index (χ3v) is 2.69. The molecule has 0 aromatic carbocycles. The average molecular weight is 258 g/mol. The zero-order chi connectivity index (χ0) is 13.2. The van der Waals surface area contributed by atoms with Crippen molar-refractivity contribution in [3.63, 3.8) is 0 Å². The summed E-state index contributed by atoms with van der Waals surface area (Å²) in [5.74, 6) is 1.87. The van der Waals surface area contributed by atoms with Gasteiger partial charge < -0.3 is 9.84 Å². The lowest BCUT2D eigenvalue weighted by atomic mass is 10.3. The largest absolute Gasteiger partial charge is 0.352 e. The van der Waals surface area contributed by atoms with E-state index in [1.165, 1.54) is 0 Å². The second kappa shape index (κ2) is 4.68. The van der Waals surface area contributed by atoms with E-state index in [0.717, 1.165) is 11.2 Å². The number of aromatic nitrogens is 5. The number of hydrogen-bond acceptors (Lipinski definition) is 6. The second-order valence-electron chi connectivity index (χ2n) is 4.35. The van der Waals surface area contributed by atoms with Gasteiger partial charge >= 0.3 is 0 Å². The molecule has 0 atom stereocenters. The molecule has 0 spiro atoms. The van der Waals surface area contributed by atoms with Crippen LogP contribution in [-0.4, -0.2) is 31.3 Å². The lowest BCUT2D eigenvalue weighted by Crippen LogP contribution is -2.07. The van der Waals surface area contributed by atoms with E-state index in [1.54, 1.807) is 11.4 Å². The first-order valence-corrected chi connectivity index (χ1v) is 6.07. The molecule has 0 amide bonds. The summed E-state index contributed by atoms with van der Waals surface area (Å²) in [6, 6.07) is 3.98. The smallest absolute Gasteiger partial charge is 0.243 e. The first-order chi connectivity index (χ1) is 9.20. The maximum absolute atomic E-state index is 4.90. The summed E-state index contributed by atoms with van der Waals surface area (Å²) in [6.07, 6.45) is 2.57. The molecule has 0 saturated carbocycles. The van der Waals surface area contributed by atoms with Crippen LogP contribution in [0, 0.1) is 13.8 Å². The van der Waals surface area contributed by atoms with Crippen LogP contribution in [0.15, 0.2) is 22.9 Å². The molecule has 19 heavy (non-hydrogen) atoms. The number of rotatable bonds is 4. The molecular weight excluding hydrogens is 244 g/mol. The molecule has 7 nitrogen and oxygen atoms in total. The van der Waals surface area contributed by atoms with Gasteiger partial charge in [-0.05, 0) is 24.6 Å². The number of nitrogens with one attached hydrogen (secondary N) is 1. The monoisotopic (exact) mass is 258 g/mol. The Kier molecular flexibility index (Phi) is 2.86. The lowest BCUT2D eigenvalue weighted by Gasteiger charge is -1.96. The lowest BCUT2D eigenvalue weighted by molar-refractivity contribution is 0.387. The highest BCUT2D eigenvalue weighted by Crippen LogP contribution is 2.07. The summed E-state index contributed by atoms with van der Waals surface area (Å²) in [4.78, 5) is 8.52. The van der Waals surface area contributed by atoms with Gasteiger partial charge in [0.05, 0.1) is 0 Å². The first kappa shape index (κ1) is 11.6. The number of aryl methyl sites for hydroxylation is 2. The van der Waals surface area contributed by atoms with Gasteiger partial charge in [-0.15, -0.1) is 5.10 Å². The molecule has 0 aliphatic carbocycles. The Labute approximate surface area is 109 Å². The molecule has 0 aliphatic heterocycles. The fraction of sp³-hybridized carbons (Fsp3) is 0.333. The molecule has 0 aliphatic rings. The molecular formula is C12H14N6O. The topological polar surface area (TPSA) is 81.1 Å². The summed E-state index contributed by atoms with van der Waals surface area (Å²) in [6.45, 7) is 4.46. The Hall–Kier alpha value is -2.44. The quantitative estimate of drug-likeness (QED) is 0.761. The standard InChI is InChI=1S/C12H14N6O/c1-8-4-6-18-11(7-8)15-12(16-18)13-5-3-10-14-9(2)19-17-10/h4,6-7H,3,5H2,1-2H3,(H,13,16). The van der Waals surface area contributed by atoms with Crippen molar-refractivity contribution < 1.29 is 4.52 Å². The highest BCUT2D eigenvalue weighted by molar-refractivity contribution is 5.45. The zero-order valence-corrected chi connectivity index (χ0v) is 10.8. The van der Waals surface area contributed by atoms with Gasteiger partial charge in [0.15, 0.2) is 11.5 Å². The van der Waals surface area contributed by atoms with Gasteiger partial charge in [-0.2, -0.15) is 9.97 Å². The fourth-order valence-electron chi connectivity index (χ4n) is 1.79. The molecule has 3 rings (SSSR count). The minimum absolute atomic E-state index is 0.580. The van der Waals surface area contributed by atoms with Gasteiger partial charge in [-0.1, -0.05) is 5.16 Å². The van der Waals surface area contributed by atoms with Crippen LogP contribution < -0.4 is 5.32 Å². The molecule has 0 fully saturated rings. The molecule has 3 aromatic heterocycles. The van der Waals surface area contributed by atoms with E-state index in [-0.39, 0.29) is 0 Å². The van der Waals surface area contributed by atoms with Crippen molar-refractivity contribution in [2.75, 3.05) is 11.9 Å². The maximum atomic E-state index is 4.90. The number of fused-ring (bicyclic) bond motifs is 1. The van der Waals surface area contributed by atoms with Crippen molar-refractivity contribution in [2.24, 2.45) is 0 Å². The summed E-state index contributed by atoms with van der Waals surface area (Å²) in [5.41, 5.74) is 1.99. The van der Waals surface area contributed by atoms with Crippen molar-refractivity contribution in [1.29, 1.82) is 0 Å². The van der Waals surface area contributed by atoms with Crippen LogP contribution in [0.1, 0.15) is 17.3 Å². The summed E-state index contributed by atoms with van der Waals surface area (Å²) in [7, 11) is 0. The molecule has 7 heteroatoms. The molecule has 98 valence electrons. The van der Waals surface area contributed by atoms with Crippen LogP contribution in [0.5, 0.6) is 0 Å². The predicted molar refractivity (Wildman–Crippen MR) is 69.0 cm³/mol. The minimum atomic E-state index is 0.580. The van der Waals surface area contributed by atoms with Crippen LogP contribution in [0.3, 0.4) is 0 Å². The summed E-state index contributed by atoms with van der Waals surface area (Å²) >= 11 is 0. The van der Waals surface area contributed by atoms with Crippen molar-refractivity contribution in [2.45, 2.75) is 20.3 Å². The Morgan fingerprint density at radius 2 is 2.21 bits per heavy atom. The van der Waals surface area contributed by atoms with E-state index >= 15 is 0 Å². The molecule has 1 N–H and O–H groups in total. The van der Waals surface area contributed by atoms with Crippen molar-refractivity contribution >= 4 is 11.6 Å². The number of pyridine rings is 1. The average Bonchev–Trinajstić information content (AvgIpc) is 2.95. The Bertz CT molecular complexity index is 701. The zero-order valence-electron chi connectivity index (χ0n) is 10.8. The van der Waals surface area contributed by atoms with Crippen LogP contribution in [-0.2, 0) is 6.42 Å². The molecule has 0 bridgehead atoms. The SMILES string of the molecule is Cc1ccn2nc(NCCc3noc(C)n3)nc2c1. The molecule has 0 radical (unpaired) electrons. The van der Waals surface area contributed by atoms with E-state index in [4.69, 9.17) is 4.52 Å². The summed E-state index contributed by atoms with van der Waals surface area (Å²) < 4.78 is 6.65. The highest BCUT2D eigenvalue weighted by Gasteiger charge is 2.05. The van der Waals surface area contributed by atoms with Crippen molar-refractivity contribution in [1.82, 2.24) is 24.7 Å². The van der Waals surface area contributed by atoms with E-state index in [0.29, 0.717) is 30.6 Å². The van der Waals surface area contributed by atoms with Gasteiger partial charge in [-0.3, -0.25) is 0 Å². The van der Waals surface area contributed by atoms with E-state index < -0.39 is 0 Å². The van der Waals surface area contributed by atoms with Crippen LogP contribution in [0.25, 0.3) is 5.65 Å². The normalized spacial score (nSPS) is 11.1. The van der Waals surface area contributed by atoms with E-state index in [1.807, 2.05) is 25.3 Å². The molecule has 3 heterocycles. The maximum Gasteiger partial charge on any atom is 0.243 e. The van der Waals surface area contributed by atoms with Crippen molar-refractivity contribution in [3.8, 4) is 0 Å². The van der Waals surface area contributed by atoms with Crippen molar-refractivity contribution in [3.05, 3.63) is 35.6 Å². The van der Waals surface area contributed by atoms with E-state index in [2.05, 4.69) is 25.5 Å². The van der Waals surface area contributed by atoms with Gasteiger partial charge in [0.2, 0.25) is 11.8 Å². The Balaban J connectivity index is 1.65. The van der Waals surface area contributed by atoms with Crippen LogP contribution in [0.2, 0.25) is 0 Å². The predicted octanol–water partition coefficient (Wildman–Crippen LogP) is 1.38. The molecule has 0 unspecified atom stereocenters. The minimum Gasteiger partial charge on any atom is -0.352 e. The van der Waals surface area contributed by atoms with Crippen LogP contribution in [0.4, 0.5) is 5.95 Å². The van der Waals surface area contributed by atoms with E-state index in [9.17, 15) is 0 Å². The number of anilines is 1. The first-order valence-electron chi connectivity index (χ1n) is 6.07. The third-order valence-electron chi connectivity index (χ3n) is 2.69. The summed E-state index contributed by atoms with van der Waals surface area (Å²) in [5, 5.41) is 11.3. The molecule has 3 aromatic rings. The van der Waals surface area contributed by atoms with Gasteiger partial charge in [0, 0.05) is 26.1 Å². The van der Waals surface area contributed by atoms with Gasteiger partial charge in [0.25, 0.3) is 0 Å². The highest BCUT2D eigenvalue weighted by atomic mass is 16.5. The fourth-order valence-corrected chi connectivity index (χ4v) is 1.79. The third kappa shape index (κ3) is 2.54.